The first-order chi connectivity index (χ1) is 15.4. The number of hydrogen-bond donors (Lipinski definition) is 4. The molecule has 2 aliphatic carbocycles. The minimum Gasteiger partial charge on any atom is -0.508 e. The Morgan fingerprint density at radius 1 is 0.688 bits per heavy atom. The number of carbonyl (C=O) groups excluding carboxylic acids is 1. The smallest absolute Gasteiger partial charge is 0.148 e. The number of phenols is 4. The van der Waals surface area contributed by atoms with Crippen LogP contribution in [-0.2, 0) is 4.79 Å². The Hall–Kier alpha value is -2.69. The van der Waals surface area contributed by atoms with Crippen LogP contribution in [0.2, 0.25) is 0 Å². The first kappa shape index (κ1) is 22.5. The highest BCUT2D eigenvalue weighted by Gasteiger charge is 2.36. The van der Waals surface area contributed by atoms with Gasteiger partial charge in [-0.15, -0.1) is 0 Å². The van der Waals surface area contributed by atoms with E-state index in [0.29, 0.717) is 35.8 Å². The molecule has 0 aliphatic heterocycles. The number of phenolic OH excluding ortho intramolecular Hbond substituents is 4. The maximum Gasteiger partial charge on any atom is 0.148 e. The van der Waals surface area contributed by atoms with Crippen molar-refractivity contribution in [2.24, 2.45) is 11.8 Å². The zero-order valence-electron chi connectivity index (χ0n) is 18.5. The lowest BCUT2D eigenvalue weighted by Gasteiger charge is -2.28. The van der Waals surface area contributed by atoms with Gasteiger partial charge in [0.05, 0.1) is 0 Å². The Bertz CT molecular complexity index is 866. The van der Waals surface area contributed by atoms with Crippen LogP contribution in [-0.4, -0.2) is 26.2 Å². The van der Waals surface area contributed by atoms with Crippen molar-refractivity contribution in [2.75, 3.05) is 0 Å². The van der Waals surface area contributed by atoms with Gasteiger partial charge in [-0.05, 0) is 36.8 Å². The van der Waals surface area contributed by atoms with Crippen LogP contribution in [0.1, 0.15) is 87.2 Å². The lowest BCUT2D eigenvalue weighted by atomic mass is 9.75. The second-order valence-corrected chi connectivity index (χ2v) is 9.77. The summed E-state index contributed by atoms with van der Waals surface area (Å²) in [4.78, 5) is 14.1. The third-order valence-electron chi connectivity index (χ3n) is 7.55. The Balaban J connectivity index is 1.71. The number of Topliss-reactive ketones (excluding diaryl/α,β-unsaturated/α-hetero) is 1. The molecule has 0 spiro atoms. The molecule has 0 bridgehead atoms. The number of rotatable bonds is 8. The minimum atomic E-state index is -0.502. The third kappa shape index (κ3) is 5.03. The van der Waals surface area contributed by atoms with Crippen molar-refractivity contribution in [1.29, 1.82) is 0 Å². The summed E-state index contributed by atoms with van der Waals surface area (Å²) in [6.45, 7) is 0. The number of ketones is 1. The van der Waals surface area contributed by atoms with Gasteiger partial charge in [-0.1, -0.05) is 63.5 Å². The van der Waals surface area contributed by atoms with Gasteiger partial charge in [0.2, 0.25) is 0 Å². The summed E-state index contributed by atoms with van der Waals surface area (Å²) in [6.07, 6.45) is 10.3. The van der Waals surface area contributed by atoms with E-state index < -0.39 is 11.8 Å². The van der Waals surface area contributed by atoms with Crippen LogP contribution in [0.4, 0.5) is 0 Å². The molecule has 4 N–H and O–H groups in total. The monoisotopic (exact) mass is 438 g/mol. The van der Waals surface area contributed by atoms with E-state index in [-0.39, 0.29) is 28.8 Å². The zero-order chi connectivity index (χ0) is 22.7. The van der Waals surface area contributed by atoms with E-state index in [1.165, 1.54) is 24.3 Å². The van der Waals surface area contributed by atoms with Crippen molar-refractivity contribution in [3.05, 3.63) is 47.5 Å². The van der Waals surface area contributed by atoms with Gasteiger partial charge in [-0.2, -0.15) is 0 Å². The van der Waals surface area contributed by atoms with Gasteiger partial charge in [0.1, 0.15) is 28.8 Å². The number of aromatic hydroxyl groups is 4. The quantitative estimate of drug-likeness (QED) is 0.399. The SMILES string of the molecule is O=C(C(CC1CCCC1)c1ccc(O)cc1O)C(CC1CCCC1)c1ccc(O)cc1O. The summed E-state index contributed by atoms with van der Waals surface area (Å²) >= 11 is 0. The highest BCUT2D eigenvalue weighted by molar-refractivity contribution is 5.93. The van der Waals surface area contributed by atoms with Crippen LogP contribution in [0, 0.1) is 11.8 Å². The molecule has 0 saturated heterocycles. The summed E-state index contributed by atoms with van der Waals surface area (Å²) in [6, 6.07) is 8.96. The number of benzene rings is 2. The van der Waals surface area contributed by atoms with E-state index in [4.69, 9.17) is 0 Å². The van der Waals surface area contributed by atoms with Gasteiger partial charge in [0, 0.05) is 35.1 Å². The van der Waals surface area contributed by atoms with Crippen molar-refractivity contribution >= 4 is 5.78 Å². The molecule has 4 rings (SSSR count). The fourth-order valence-corrected chi connectivity index (χ4v) is 5.85. The van der Waals surface area contributed by atoms with Crippen molar-refractivity contribution < 1.29 is 25.2 Å². The molecule has 2 unspecified atom stereocenters. The highest BCUT2D eigenvalue weighted by Crippen LogP contribution is 2.45. The number of carbonyl (C=O) groups is 1. The topological polar surface area (TPSA) is 98.0 Å². The molecule has 2 fully saturated rings. The molecule has 0 amide bonds. The van der Waals surface area contributed by atoms with Gasteiger partial charge in [0.15, 0.2) is 0 Å². The van der Waals surface area contributed by atoms with Gasteiger partial charge < -0.3 is 20.4 Å². The molecule has 5 nitrogen and oxygen atoms in total. The Kier molecular flexibility index (Phi) is 6.92. The molecule has 32 heavy (non-hydrogen) atoms. The van der Waals surface area contributed by atoms with Crippen molar-refractivity contribution in [2.45, 2.75) is 76.0 Å². The van der Waals surface area contributed by atoms with E-state index in [1.807, 2.05) is 0 Å². The first-order valence-electron chi connectivity index (χ1n) is 12.0. The highest BCUT2D eigenvalue weighted by atomic mass is 16.3. The third-order valence-corrected chi connectivity index (χ3v) is 7.55. The molecule has 2 saturated carbocycles. The molecular weight excluding hydrogens is 404 g/mol. The van der Waals surface area contributed by atoms with Crippen LogP contribution in [0.5, 0.6) is 23.0 Å². The Labute approximate surface area is 189 Å². The predicted octanol–water partition coefficient (Wildman–Crippen LogP) is 6.11. The molecule has 0 heterocycles. The second-order valence-electron chi connectivity index (χ2n) is 9.77. The van der Waals surface area contributed by atoms with Crippen molar-refractivity contribution in [3.8, 4) is 23.0 Å². The maximum atomic E-state index is 14.1. The standard InChI is InChI=1S/C27H34O5/c28-19-9-11-21(25(30)15-19)23(13-17-5-1-2-6-17)27(32)24(14-18-7-3-4-8-18)22-12-10-20(29)16-26(22)31/h9-12,15-18,23-24,28-31H,1-8,13-14H2. The molecular formula is C27H34O5. The van der Waals surface area contributed by atoms with Gasteiger partial charge in [0.25, 0.3) is 0 Å². The lowest BCUT2D eigenvalue weighted by Crippen LogP contribution is -2.24. The van der Waals surface area contributed by atoms with Crippen LogP contribution >= 0.6 is 0 Å². The van der Waals surface area contributed by atoms with Gasteiger partial charge in [-0.25, -0.2) is 0 Å². The predicted molar refractivity (Wildman–Crippen MR) is 123 cm³/mol. The summed E-state index contributed by atoms with van der Waals surface area (Å²) in [5, 5.41) is 40.8. The molecule has 2 aliphatic rings. The molecule has 172 valence electrons. The molecule has 5 heteroatoms. The molecule has 2 atom stereocenters. The summed E-state index contributed by atoms with van der Waals surface area (Å²) in [5.74, 6) is -0.321. The molecule has 0 radical (unpaired) electrons. The van der Waals surface area contributed by atoms with Gasteiger partial charge in [-0.3, -0.25) is 4.79 Å². The van der Waals surface area contributed by atoms with Crippen LogP contribution < -0.4 is 0 Å². The largest absolute Gasteiger partial charge is 0.508 e. The van der Waals surface area contributed by atoms with E-state index in [2.05, 4.69) is 0 Å². The van der Waals surface area contributed by atoms with E-state index in [1.54, 1.807) is 12.1 Å². The fraction of sp³-hybridized carbons (Fsp3) is 0.519. The second kappa shape index (κ2) is 9.85. The van der Waals surface area contributed by atoms with Crippen molar-refractivity contribution in [3.63, 3.8) is 0 Å². The minimum absolute atomic E-state index is 0.00535. The molecule has 2 aromatic carbocycles. The first-order valence-corrected chi connectivity index (χ1v) is 12.0. The molecule has 0 aromatic heterocycles. The van der Waals surface area contributed by atoms with Crippen molar-refractivity contribution in [1.82, 2.24) is 0 Å². The summed E-state index contributed by atoms with van der Waals surface area (Å²) in [5.41, 5.74) is 1.10. The normalized spacial score (nSPS) is 19.2. The van der Waals surface area contributed by atoms with Crippen LogP contribution in [0.25, 0.3) is 0 Å². The fourth-order valence-electron chi connectivity index (χ4n) is 5.85. The van der Waals surface area contributed by atoms with E-state index >= 15 is 0 Å². The number of hydrogen-bond acceptors (Lipinski definition) is 5. The average Bonchev–Trinajstić information content (AvgIpc) is 3.45. The Morgan fingerprint density at radius 3 is 1.41 bits per heavy atom. The summed E-state index contributed by atoms with van der Waals surface area (Å²) < 4.78 is 0. The zero-order valence-corrected chi connectivity index (χ0v) is 18.5. The van der Waals surface area contributed by atoms with Crippen LogP contribution in [0.3, 0.4) is 0 Å². The maximum absolute atomic E-state index is 14.1. The van der Waals surface area contributed by atoms with E-state index in [0.717, 1.165) is 51.4 Å². The lowest BCUT2D eigenvalue weighted by molar-refractivity contribution is -0.122. The Morgan fingerprint density at radius 2 is 1.06 bits per heavy atom. The molecule has 2 aromatic rings. The average molecular weight is 439 g/mol. The summed E-state index contributed by atoms with van der Waals surface area (Å²) in [7, 11) is 0. The van der Waals surface area contributed by atoms with Gasteiger partial charge >= 0.3 is 0 Å². The van der Waals surface area contributed by atoms with Crippen LogP contribution in [0.15, 0.2) is 36.4 Å². The van der Waals surface area contributed by atoms with E-state index in [9.17, 15) is 25.2 Å².